The molecule has 0 aromatic heterocycles. The number of nitrogens with zero attached hydrogens (tertiary/aromatic N) is 1. The Kier molecular flexibility index (Phi) is 3.83. The summed E-state index contributed by atoms with van der Waals surface area (Å²) in [7, 11) is 0. The van der Waals surface area contributed by atoms with E-state index < -0.39 is 0 Å². The van der Waals surface area contributed by atoms with Crippen molar-refractivity contribution < 1.29 is 4.79 Å². The summed E-state index contributed by atoms with van der Waals surface area (Å²) in [6, 6.07) is 13.7. The summed E-state index contributed by atoms with van der Waals surface area (Å²) in [4.78, 5) is 12.0. The number of hydrogen-bond acceptors (Lipinski definition) is 3. The van der Waals surface area contributed by atoms with Crippen LogP contribution in [0, 0.1) is 11.3 Å². The molecular formula is C14H10BrN3O. The summed E-state index contributed by atoms with van der Waals surface area (Å²) in [5.41, 5.74) is 7.38. The number of carbonyl (C=O) groups excluding carboxylic acids is 1. The van der Waals surface area contributed by atoms with Gasteiger partial charge in [-0.25, -0.2) is 0 Å². The van der Waals surface area contributed by atoms with Crippen LogP contribution in [0.3, 0.4) is 0 Å². The van der Waals surface area contributed by atoms with Gasteiger partial charge in [0, 0.05) is 15.7 Å². The van der Waals surface area contributed by atoms with Crippen LogP contribution in [0.15, 0.2) is 46.9 Å². The number of anilines is 2. The molecule has 0 fully saturated rings. The molecule has 0 saturated carbocycles. The molecule has 4 nitrogen and oxygen atoms in total. The van der Waals surface area contributed by atoms with Crippen LogP contribution in [0.2, 0.25) is 0 Å². The van der Waals surface area contributed by atoms with E-state index >= 15 is 0 Å². The monoisotopic (exact) mass is 315 g/mol. The first kappa shape index (κ1) is 13.1. The minimum absolute atomic E-state index is 0.270. The minimum atomic E-state index is -0.270. The van der Waals surface area contributed by atoms with E-state index in [0.29, 0.717) is 22.5 Å². The largest absolute Gasteiger partial charge is 0.399 e. The van der Waals surface area contributed by atoms with Crippen molar-refractivity contribution in [1.82, 2.24) is 0 Å². The van der Waals surface area contributed by atoms with E-state index in [-0.39, 0.29) is 5.91 Å². The van der Waals surface area contributed by atoms with E-state index in [2.05, 4.69) is 21.2 Å². The third kappa shape index (κ3) is 3.12. The Balaban J connectivity index is 2.24. The molecule has 0 bridgehead atoms. The average molecular weight is 316 g/mol. The van der Waals surface area contributed by atoms with Crippen molar-refractivity contribution in [3.8, 4) is 6.07 Å². The third-order valence-electron chi connectivity index (χ3n) is 2.52. The number of nitrogen functional groups attached to an aromatic ring is 1. The Morgan fingerprint density at radius 2 is 1.89 bits per heavy atom. The molecule has 0 aliphatic carbocycles. The number of carbonyl (C=O) groups is 1. The fourth-order valence-corrected chi connectivity index (χ4v) is 1.82. The van der Waals surface area contributed by atoms with Crippen LogP contribution in [0.5, 0.6) is 0 Å². The van der Waals surface area contributed by atoms with Gasteiger partial charge >= 0.3 is 0 Å². The molecule has 19 heavy (non-hydrogen) atoms. The standard InChI is InChI=1S/C14H10BrN3O/c15-11-3-1-9(2-4-11)14(19)18-13-6-5-12(17)7-10(13)8-16/h1-7H,17H2,(H,18,19). The number of nitriles is 1. The Hall–Kier alpha value is -2.32. The summed E-state index contributed by atoms with van der Waals surface area (Å²) in [6.07, 6.45) is 0. The maximum atomic E-state index is 12.0. The molecule has 5 heteroatoms. The van der Waals surface area contributed by atoms with Gasteiger partial charge in [0.2, 0.25) is 0 Å². The van der Waals surface area contributed by atoms with Gasteiger partial charge in [-0.1, -0.05) is 15.9 Å². The maximum Gasteiger partial charge on any atom is 0.255 e. The number of halogens is 1. The summed E-state index contributed by atoms with van der Waals surface area (Å²) in [5, 5.41) is 11.7. The van der Waals surface area contributed by atoms with Gasteiger partial charge in [0.15, 0.2) is 0 Å². The summed E-state index contributed by atoms with van der Waals surface area (Å²) in [6.45, 7) is 0. The van der Waals surface area contributed by atoms with Crippen LogP contribution in [0.1, 0.15) is 15.9 Å². The van der Waals surface area contributed by atoms with Crippen LogP contribution in [0.25, 0.3) is 0 Å². The number of amides is 1. The van der Waals surface area contributed by atoms with E-state index in [9.17, 15) is 4.79 Å². The lowest BCUT2D eigenvalue weighted by Gasteiger charge is -2.07. The van der Waals surface area contributed by atoms with Gasteiger partial charge in [0.05, 0.1) is 11.3 Å². The fourth-order valence-electron chi connectivity index (χ4n) is 1.56. The first-order valence-corrected chi connectivity index (χ1v) is 6.26. The summed E-state index contributed by atoms with van der Waals surface area (Å²) < 4.78 is 0.897. The fraction of sp³-hybridized carbons (Fsp3) is 0. The number of rotatable bonds is 2. The zero-order valence-corrected chi connectivity index (χ0v) is 11.4. The highest BCUT2D eigenvalue weighted by molar-refractivity contribution is 9.10. The molecule has 2 aromatic carbocycles. The van der Waals surface area contributed by atoms with Gasteiger partial charge in [-0.2, -0.15) is 5.26 Å². The Morgan fingerprint density at radius 1 is 1.21 bits per heavy atom. The molecule has 0 unspecified atom stereocenters. The number of hydrogen-bond donors (Lipinski definition) is 2. The zero-order valence-electron chi connectivity index (χ0n) is 9.85. The van der Waals surface area contributed by atoms with Crippen LogP contribution >= 0.6 is 15.9 Å². The van der Waals surface area contributed by atoms with Crippen LogP contribution in [-0.4, -0.2) is 5.91 Å². The topological polar surface area (TPSA) is 78.9 Å². The molecule has 0 aliphatic rings. The predicted molar refractivity (Wildman–Crippen MR) is 77.7 cm³/mol. The van der Waals surface area contributed by atoms with E-state index in [4.69, 9.17) is 11.0 Å². The minimum Gasteiger partial charge on any atom is -0.399 e. The van der Waals surface area contributed by atoms with Crippen LogP contribution in [-0.2, 0) is 0 Å². The van der Waals surface area contributed by atoms with E-state index in [1.165, 1.54) is 6.07 Å². The number of nitrogens with two attached hydrogens (primary N) is 1. The molecule has 2 rings (SSSR count). The van der Waals surface area contributed by atoms with Crippen molar-refractivity contribution in [3.05, 3.63) is 58.1 Å². The molecule has 0 aliphatic heterocycles. The average Bonchev–Trinajstić information content (AvgIpc) is 2.41. The van der Waals surface area contributed by atoms with Crippen molar-refractivity contribution in [2.24, 2.45) is 0 Å². The summed E-state index contributed by atoms with van der Waals surface area (Å²) >= 11 is 3.30. The van der Waals surface area contributed by atoms with Crippen molar-refractivity contribution in [3.63, 3.8) is 0 Å². The van der Waals surface area contributed by atoms with Gasteiger partial charge in [-0.15, -0.1) is 0 Å². The molecule has 0 heterocycles. The van der Waals surface area contributed by atoms with E-state index in [1.54, 1.807) is 36.4 Å². The smallest absolute Gasteiger partial charge is 0.255 e. The molecule has 2 aromatic rings. The first-order valence-electron chi connectivity index (χ1n) is 5.46. The molecule has 1 amide bonds. The van der Waals surface area contributed by atoms with E-state index in [1.807, 2.05) is 6.07 Å². The first-order chi connectivity index (χ1) is 9.10. The quantitative estimate of drug-likeness (QED) is 0.835. The lowest BCUT2D eigenvalue weighted by atomic mass is 10.1. The molecule has 0 atom stereocenters. The SMILES string of the molecule is N#Cc1cc(N)ccc1NC(=O)c1ccc(Br)cc1. The van der Waals surface area contributed by atoms with Crippen molar-refractivity contribution in [2.75, 3.05) is 11.1 Å². The maximum absolute atomic E-state index is 12.0. The molecule has 0 spiro atoms. The van der Waals surface area contributed by atoms with Gasteiger partial charge in [0.1, 0.15) is 6.07 Å². The highest BCUT2D eigenvalue weighted by Gasteiger charge is 2.09. The van der Waals surface area contributed by atoms with Gasteiger partial charge in [0.25, 0.3) is 5.91 Å². The van der Waals surface area contributed by atoms with Crippen LogP contribution in [0.4, 0.5) is 11.4 Å². The van der Waals surface area contributed by atoms with Gasteiger partial charge in [-0.3, -0.25) is 4.79 Å². The second-order valence-electron chi connectivity index (χ2n) is 3.88. The Bertz CT molecular complexity index is 659. The van der Waals surface area contributed by atoms with Gasteiger partial charge < -0.3 is 11.1 Å². The highest BCUT2D eigenvalue weighted by Crippen LogP contribution is 2.19. The third-order valence-corrected chi connectivity index (χ3v) is 3.05. The zero-order chi connectivity index (χ0) is 13.8. The second-order valence-corrected chi connectivity index (χ2v) is 4.79. The van der Waals surface area contributed by atoms with E-state index in [0.717, 1.165) is 4.47 Å². The van der Waals surface area contributed by atoms with Gasteiger partial charge in [-0.05, 0) is 42.5 Å². The molecule has 94 valence electrons. The predicted octanol–water partition coefficient (Wildman–Crippen LogP) is 3.16. The molecular weight excluding hydrogens is 306 g/mol. The Labute approximate surface area is 119 Å². The highest BCUT2D eigenvalue weighted by atomic mass is 79.9. The lowest BCUT2D eigenvalue weighted by molar-refractivity contribution is 0.102. The van der Waals surface area contributed by atoms with Crippen LogP contribution < -0.4 is 11.1 Å². The summed E-state index contributed by atoms with van der Waals surface area (Å²) in [5.74, 6) is -0.270. The molecule has 3 N–H and O–H groups in total. The molecule has 0 radical (unpaired) electrons. The number of nitrogens with one attached hydrogen (secondary N) is 1. The van der Waals surface area contributed by atoms with Crippen molar-refractivity contribution >= 4 is 33.2 Å². The number of benzene rings is 2. The molecule has 0 saturated heterocycles. The lowest BCUT2D eigenvalue weighted by Crippen LogP contribution is -2.12. The Morgan fingerprint density at radius 3 is 2.53 bits per heavy atom. The van der Waals surface area contributed by atoms with Crippen molar-refractivity contribution in [1.29, 1.82) is 5.26 Å². The second kappa shape index (κ2) is 5.55. The normalized spacial score (nSPS) is 9.68. The van der Waals surface area contributed by atoms with Crippen molar-refractivity contribution in [2.45, 2.75) is 0 Å².